The summed E-state index contributed by atoms with van der Waals surface area (Å²) in [4.78, 5) is 133. The average Bonchev–Trinajstić information content (AvgIpc) is 0.767. The van der Waals surface area contributed by atoms with E-state index < -0.39 is 174 Å². The topological polar surface area (TPSA) is 402 Å². The molecule has 14 atom stereocenters. The molecule has 9 N–H and O–H groups in total. The number of unbranched alkanes of at least 4 members (excludes halogenated alkanes) is 42. The number of carboxylic acid groups (broad SMARTS) is 2. The monoisotopic (exact) mass is 1660 g/mol. The molecule has 2 saturated heterocycles. The number of phosphoric acid groups is 1. The number of aliphatic carboxylic acids is 2. The van der Waals surface area contributed by atoms with Gasteiger partial charge < -0.3 is 83.8 Å². The smallest absolute Gasteiger partial charge is 0.470 e. The quantitative estimate of drug-likeness (QED) is 0.0118. The fraction of sp³-hybridized carbons (Fsp3) is 0.908. The highest BCUT2D eigenvalue weighted by Gasteiger charge is 2.54. The number of ether oxygens (including phenoxy) is 8. The summed E-state index contributed by atoms with van der Waals surface area (Å²) in [6.45, 7) is 10.8. The highest BCUT2D eigenvalue weighted by atomic mass is 31.2. The van der Waals surface area contributed by atoms with Crippen LogP contribution >= 0.6 is 7.82 Å². The Labute approximate surface area is 690 Å². The van der Waals surface area contributed by atoms with Crippen LogP contribution in [0.5, 0.6) is 0 Å². The molecular weight excluding hydrogens is 1500 g/mol. The van der Waals surface area contributed by atoms with Crippen molar-refractivity contribution in [1.82, 2.24) is 10.6 Å². The van der Waals surface area contributed by atoms with Gasteiger partial charge in [0.2, 0.25) is 11.8 Å². The molecule has 0 radical (unpaired) electrons. The lowest BCUT2D eigenvalue weighted by Crippen LogP contribution is -2.67. The molecule has 0 aromatic rings. The summed E-state index contributed by atoms with van der Waals surface area (Å²) in [5.41, 5.74) is 0. The number of phosphoric ester groups is 1. The number of amides is 2. The summed E-state index contributed by atoms with van der Waals surface area (Å²) in [5, 5.41) is 58.7. The molecule has 10 unspecified atom stereocenters. The third-order valence-corrected chi connectivity index (χ3v) is 22.3. The van der Waals surface area contributed by atoms with Crippen molar-refractivity contribution in [3.63, 3.8) is 0 Å². The molecular formula is C87H159N2O25P. The van der Waals surface area contributed by atoms with Gasteiger partial charge in [-0.3, -0.25) is 33.3 Å². The SMILES string of the molecule is CCCCCCCCCCC[C@H](CC(=O)NC1C(OC[C@H](NC(=O)C[C@@H](CCCCCCCCCCC)OC(=O)CCCCCCCCC)C(=O)O)OC(COC2OC(C(=O)O)C(O)C(O)C2O)C(OP(=O)(O)O)C1OC(=O)C[C@@H](CCCCCCCCCCC)OC(=O)CCCCCCCCC)OC(=O)CCCCCCCCC. The van der Waals surface area contributed by atoms with E-state index >= 15 is 9.59 Å². The number of hydrogen-bond donors (Lipinski definition) is 9. The molecule has 0 bridgehead atoms. The molecule has 2 fully saturated rings. The van der Waals surface area contributed by atoms with Gasteiger partial charge in [-0.25, -0.2) is 14.2 Å². The first kappa shape index (κ1) is 107. The van der Waals surface area contributed by atoms with Crippen LogP contribution in [0.2, 0.25) is 0 Å². The molecule has 672 valence electrons. The zero-order valence-electron chi connectivity index (χ0n) is 71.7. The lowest BCUT2D eigenvalue weighted by Gasteiger charge is -2.46. The van der Waals surface area contributed by atoms with E-state index in [4.69, 9.17) is 42.4 Å². The summed E-state index contributed by atoms with van der Waals surface area (Å²) >= 11 is 0. The van der Waals surface area contributed by atoms with E-state index in [-0.39, 0.29) is 32.1 Å². The first-order valence-electron chi connectivity index (χ1n) is 45.6. The van der Waals surface area contributed by atoms with E-state index in [1.165, 1.54) is 6.42 Å². The van der Waals surface area contributed by atoms with Crippen molar-refractivity contribution >= 4 is 55.5 Å². The highest BCUT2D eigenvalue weighted by Crippen LogP contribution is 2.43. The molecule has 2 aliphatic rings. The molecule has 2 amide bonds. The van der Waals surface area contributed by atoms with Gasteiger partial charge in [-0.05, 0) is 57.8 Å². The second-order valence-corrected chi connectivity index (χ2v) is 33.6. The van der Waals surface area contributed by atoms with Gasteiger partial charge in [0.15, 0.2) is 30.8 Å². The molecule has 115 heavy (non-hydrogen) atoms. The van der Waals surface area contributed by atoms with Gasteiger partial charge >= 0.3 is 43.6 Å². The predicted octanol–water partition coefficient (Wildman–Crippen LogP) is 17.2. The number of aliphatic hydroxyl groups is 3. The second-order valence-electron chi connectivity index (χ2n) is 32.4. The number of rotatable bonds is 76. The van der Waals surface area contributed by atoms with Crippen molar-refractivity contribution in [2.45, 2.75) is 493 Å². The number of esters is 4. The zero-order valence-corrected chi connectivity index (χ0v) is 72.6. The Kier molecular flexibility index (Phi) is 63.3. The number of carboxylic acids is 2. The fourth-order valence-corrected chi connectivity index (χ4v) is 15.4. The van der Waals surface area contributed by atoms with Crippen LogP contribution in [0.3, 0.4) is 0 Å². The van der Waals surface area contributed by atoms with E-state index in [1.807, 2.05) is 0 Å². The van der Waals surface area contributed by atoms with Crippen molar-refractivity contribution in [1.29, 1.82) is 0 Å². The summed E-state index contributed by atoms with van der Waals surface area (Å²) in [7, 11) is -5.84. The third kappa shape index (κ3) is 53.1. The minimum Gasteiger partial charge on any atom is -0.480 e. The van der Waals surface area contributed by atoms with Crippen LogP contribution in [0.25, 0.3) is 0 Å². The Morgan fingerprint density at radius 3 is 1.07 bits per heavy atom. The number of nitrogens with one attached hydrogen (secondary N) is 2. The first-order chi connectivity index (χ1) is 55.4. The number of aliphatic hydroxyl groups excluding tert-OH is 3. The van der Waals surface area contributed by atoms with Gasteiger partial charge in [0.1, 0.15) is 54.9 Å². The lowest BCUT2D eigenvalue weighted by molar-refractivity contribution is -0.316. The van der Waals surface area contributed by atoms with E-state index in [1.54, 1.807) is 0 Å². The maximum absolute atomic E-state index is 15.2. The lowest BCUT2D eigenvalue weighted by atomic mass is 9.95. The molecule has 0 aliphatic carbocycles. The Morgan fingerprint density at radius 1 is 0.383 bits per heavy atom. The van der Waals surface area contributed by atoms with Gasteiger partial charge in [0.05, 0.1) is 32.5 Å². The van der Waals surface area contributed by atoms with Crippen LogP contribution < -0.4 is 10.6 Å². The van der Waals surface area contributed by atoms with Gasteiger partial charge in [-0.2, -0.15) is 0 Å². The molecule has 0 aromatic carbocycles. The van der Waals surface area contributed by atoms with E-state index in [2.05, 4.69) is 52.2 Å². The predicted molar refractivity (Wildman–Crippen MR) is 440 cm³/mol. The van der Waals surface area contributed by atoms with Crippen molar-refractivity contribution in [2.24, 2.45) is 0 Å². The molecule has 0 aromatic heterocycles. The highest BCUT2D eigenvalue weighted by molar-refractivity contribution is 7.46. The summed E-state index contributed by atoms with van der Waals surface area (Å²) in [6, 6.07) is -3.94. The Morgan fingerprint density at radius 2 is 0.722 bits per heavy atom. The Balaban J connectivity index is 2.91. The maximum Gasteiger partial charge on any atom is 0.470 e. The largest absolute Gasteiger partial charge is 0.480 e. The Hall–Kier alpha value is -4.41. The minimum atomic E-state index is -5.84. The van der Waals surface area contributed by atoms with Crippen molar-refractivity contribution < 1.29 is 121 Å². The molecule has 0 saturated carbocycles. The number of hydrogen-bond acceptors (Lipinski definition) is 21. The fourth-order valence-electron chi connectivity index (χ4n) is 14.9. The van der Waals surface area contributed by atoms with E-state index in [9.17, 15) is 68.7 Å². The van der Waals surface area contributed by atoms with Gasteiger partial charge in [0, 0.05) is 19.3 Å². The first-order valence-corrected chi connectivity index (χ1v) is 47.1. The molecule has 27 nitrogen and oxygen atoms in total. The average molecular weight is 1660 g/mol. The van der Waals surface area contributed by atoms with Gasteiger partial charge in [0.25, 0.3) is 0 Å². The molecule has 2 heterocycles. The molecule has 2 rings (SSSR count). The van der Waals surface area contributed by atoms with Crippen molar-refractivity contribution in [2.75, 3.05) is 13.2 Å². The van der Waals surface area contributed by atoms with E-state index in [0.717, 1.165) is 263 Å². The third-order valence-electron chi connectivity index (χ3n) is 21.8. The number of carbonyl (C=O) groups excluding carboxylic acids is 6. The van der Waals surface area contributed by atoms with Crippen LogP contribution in [-0.2, 0) is 85.3 Å². The van der Waals surface area contributed by atoms with Crippen LogP contribution in [-0.4, -0.2) is 182 Å². The van der Waals surface area contributed by atoms with Crippen LogP contribution in [0.4, 0.5) is 0 Å². The van der Waals surface area contributed by atoms with Gasteiger partial charge in [-0.1, -0.05) is 311 Å². The Bertz CT molecular complexity index is 2580. The van der Waals surface area contributed by atoms with Gasteiger partial charge in [-0.15, -0.1) is 0 Å². The van der Waals surface area contributed by atoms with Crippen LogP contribution in [0.1, 0.15) is 408 Å². The number of carbonyl (C=O) groups is 8. The minimum absolute atomic E-state index is 0.0474. The van der Waals surface area contributed by atoms with Crippen LogP contribution in [0.15, 0.2) is 0 Å². The zero-order chi connectivity index (χ0) is 84.7. The second kappa shape index (κ2) is 68.3. The van der Waals surface area contributed by atoms with Crippen molar-refractivity contribution in [3.8, 4) is 0 Å². The summed E-state index contributed by atoms with van der Waals surface area (Å²) in [5.74, 6) is -7.95. The maximum atomic E-state index is 15.2. The standard InChI is InChI=1S/C87H159N2O25P/c1-7-13-19-25-31-34-40-43-49-55-66(108-73(92)58-52-46-37-28-22-16-10-4)61-71(90)88-69(84(99)100)64-106-86-77(89-72(91)62-67(56-50-44-41-35-32-26-20-14-8-2)109-74(93)59-53-47-38-29-23-17-11-5)82(81(114-115(103,104)105)70(111-86)65-107-87-80(98)78(96)79(97)83(113-87)85(101)102)112-76(95)63-68(57-51-45-42-36-33-27-21-15-9-3)110-75(94)60-54-48-39-30-24-18-12-6/h66-70,77-83,86-87,96-98H,7-65H2,1-6H3,(H,88,90)(H,89,91)(H,99,100)(H,101,102)(H2,103,104,105)/t66-,67-,68-,69+,70?,77?,78?,79?,80?,81?,82?,83?,86?,87?/m1/s1. The van der Waals surface area contributed by atoms with E-state index in [0.29, 0.717) is 44.9 Å². The molecule has 2 aliphatic heterocycles. The molecule has 0 spiro atoms. The normalized spacial score (nSPS) is 20.7. The summed E-state index contributed by atoms with van der Waals surface area (Å²) < 4.78 is 67.3. The van der Waals surface area contributed by atoms with Crippen molar-refractivity contribution in [3.05, 3.63) is 0 Å². The molecule has 28 heteroatoms. The summed E-state index contributed by atoms with van der Waals surface area (Å²) in [6.07, 6.45) is 22.7. The van der Waals surface area contributed by atoms with Crippen LogP contribution in [0, 0.1) is 0 Å².